The molecule has 1 aromatic heterocycles. The fraction of sp³-hybridized carbons (Fsp3) is 0.308. The van der Waals surface area contributed by atoms with Crippen LogP contribution in [0.3, 0.4) is 0 Å². The molecule has 3 N–H and O–H groups in total. The summed E-state index contributed by atoms with van der Waals surface area (Å²) in [5.74, 6) is 5.61. The molecule has 4 heteroatoms. The van der Waals surface area contributed by atoms with E-state index in [1.165, 1.54) is 0 Å². The number of nitrogens with zero attached hydrogens (tertiary/aromatic N) is 2. The number of benzene rings is 1. The lowest BCUT2D eigenvalue weighted by Gasteiger charge is -2.16. The van der Waals surface area contributed by atoms with Crippen molar-refractivity contribution < 1.29 is 0 Å². The summed E-state index contributed by atoms with van der Waals surface area (Å²) in [7, 11) is 0. The average Bonchev–Trinajstić information content (AvgIpc) is 2.86. The molecule has 90 valence electrons. The molecule has 0 aliphatic rings. The van der Waals surface area contributed by atoms with E-state index in [2.05, 4.69) is 17.4 Å². The number of nitrogens with two attached hydrogens (primary N) is 1. The predicted molar refractivity (Wildman–Crippen MR) is 68.5 cm³/mol. The highest BCUT2D eigenvalue weighted by Crippen LogP contribution is 2.20. The molecule has 0 spiro atoms. The summed E-state index contributed by atoms with van der Waals surface area (Å²) in [5, 5.41) is 4.36. The highest BCUT2D eigenvalue weighted by atomic mass is 15.3. The lowest BCUT2D eigenvalue weighted by molar-refractivity contribution is 0.486. The zero-order chi connectivity index (χ0) is 12.1. The first-order valence-corrected chi connectivity index (χ1v) is 5.92. The lowest BCUT2D eigenvalue weighted by Crippen LogP contribution is -2.29. The number of hydrogen-bond acceptors (Lipinski definition) is 3. The van der Waals surface area contributed by atoms with Crippen LogP contribution < -0.4 is 11.3 Å². The van der Waals surface area contributed by atoms with Crippen molar-refractivity contribution >= 4 is 0 Å². The molecule has 0 aliphatic carbocycles. The third-order valence-electron chi connectivity index (χ3n) is 2.81. The topological polar surface area (TPSA) is 55.9 Å². The first-order valence-electron chi connectivity index (χ1n) is 5.92. The predicted octanol–water partition coefficient (Wildman–Crippen LogP) is 2.18. The Kier molecular flexibility index (Phi) is 3.90. The van der Waals surface area contributed by atoms with E-state index in [1.807, 2.05) is 47.3 Å². The summed E-state index contributed by atoms with van der Waals surface area (Å²) in [6, 6.07) is 12.2. The van der Waals surface area contributed by atoms with Gasteiger partial charge >= 0.3 is 0 Å². The van der Waals surface area contributed by atoms with Gasteiger partial charge in [0.1, 0.15) is 0 Å². The van der Waals surface area contributed by atoms with Crippen molar-refractivity contribution in [2.24, 2.45) is 5.84 Å². The Morgan fingerprint density at radius 2 is 2.06 bits per heavy atom. The van der Waals surface area contributed by atoms with Gasteiger partial charge in [0, 0.05) is 6.20 Å². The Hall–Kier alpha value is -1.65. The fourth-order valence-corrected chi connectivity index (χ4v) is 1.97. The Balaban J connectivity index is 2.34. The van der Waals surface area contributed by atoms with Gasteiger partial charge in [0.15, 0.2) is 0 Å². The third kappa shape index (κ3) is 2.54. The SMILES string of the molecule is CCCC(NN)c1ccnn1-c1ccccc1. The Bertz CT molecular complexity index is 449. The van der Waals surface area contributed by atoms with Crippen molar-refractivity contribution in [3.8, 4) is 5.69 Å². The van der Waals surface area contributed by atoms with Crippen molar-refractivity contribution in [2.75, 3.05) is 0 Å². The second-order valence-corrected chi connectivity index (χ2v) is 4.01. The summed E-state index contributed by atoms with van der Waals surface area (Å²) in [4.78, 5) is 0. The van der Waals surface area contributed by atoms with Gasteiger partial charge in [0.25, 0.3) is 0 Å². The van der Waals surface area contributed by atoms with Crippen LogP contribution in [0.5, 0.6) is 0 Å². The van der Waals surface area contributed by atoms with Gasteiger partial charge in [0.2, 0.25) is 0 Å². The Labute approximate surface area is 101 Å². The highest BCUT2D eigenvalue weighted by Gasteiger charge is 2.14. The van der Waals surface area contributed by atoms with E-state index in [9.17, 15) is 0 Å². The standard InChI is InChI=1S/C13H18N4/c1-2-6-12(16-14)13-9-10-15-17(13)11-7-4-3-5-8-11/h3-5,7-10,12,16H,2,6,14H2,1H3. The van der Waals surface area contributed by atoms with Gasteiger partial charge in [-0.25, -0.2) is 4.68 Å². The highest BCUT2D eigenvalue weighted by molar-refractivity contribution is 5.33. The molecular weight excluding hydrogens is 212 g/mol. The van der Waals surface area contributed by atoms with Crippen LogP contribution in [0.25, 0.3) is 5.69 Å². The van der Waals surface area contributed by atoms with E-state index in [4.69, 9.17) is 5.84 Å². The van der Waals surface area contributed by atoms with Crippen LogP contribution >= 0.6 is 0 Å². The average molecular weight is 230 g/mol. The number of nitrogens with one attached hydrogen (secondary N) is 1. The summed E-state index contributed by atoms with van der Waals surface area (Å²) in [6.07, 6.45) is 3.88. The minimum Gasteiger partial charge on any atom is -0.271 e. The molecule has 0 saturated heterocycles. The lowest BCUT2D eigenvalue weighted by atomic mass is 10.1. The molecule has 0 bridgehead atoms. The molecule has 1 heterocycles. The van der Waals surface area contributed by atoms with Crippen molar-refractivity contribution in [2.45, 2.75) is 25.8 Å². The number of rotatable bonds is 5. The molecule has 1 atom stereocenters. The maximum atomic E-state index is 5.61. The molecule has 1 aromatic carbocycles. The first kappa shape index (κ1) is 11.8. The van der Waals surface area contributed by atoms with E-state index in [0.717, 1.165) is 24.2 Å². The number of aromatic nitrogens is 2. The third-order valence-corrected chi connectivity index (χ3v) is 2.81. The molecule has 4 nitrogen and oxygen atoms in total. The van der Waals surface area contributed by atoms with E-state index in [-0.39, 0.29) is 6.04 Å². The van der Waals surface area contributed by atoms with Gasteiger partial charge in [-0.2, -0.15) is 5.10 Å². The van der Waals surface area contributed by atoms with Crippen LogP contribution in [0, 0.1) is 0 Å². The van der Waals surface area contributed by atoms with Gasteiger partial charge in [-0.15, -0.1) is 0 Å². The maximum absolute atomic E-state index is 5.61. The van der Waals surface area contributed by atoms with E-state index >= 15 is 0 Å². The zero-order valence-electron chi connectivity index (χ0n) is 10.0. The summed E-state index contributed by atoms with van der Waals surface area (Å²) in [5.41, 5.74) is 5.01. The molecular formula is C13H18N4. The van der Waals surface area contributed by atoms with Gasteiger partial charge in [-0.3, -0.25) is 11.3 Å². The molecule has 0 fully saturated rings. The summed E-state index contributed by atoms with van der Waals surface area (Å²) in [6.45, 7) is 2.15. The normalized spacial score (nSPS) is 12.6. The maximum Gasteiger partial charge on any atom is 0.0649 e. The largest absolute Gasteiger partial charge is 0.271 e. The van der Waals surface area contributed by atoms with Crippen LogP contribution in [-0.2, 0) is 0 Å². The van der Waals surface area contributed by atoms with Crippen LogP contribution in [0.1, 0.15) is 31.5 Å². The molecule has 2 rings (SSSR count). The van der Waals surface area contributed by atoms with Crippen molar-refractivity contribution in [1.82, 2.24) is 15.2 Å². The molecule has 2 aromatic rings. The Morgan fingerprint density at radius 3 is 2.71 bits per heavy atom. The minimum atomic E-state index is 0.141. The van der Waals surface area contributed by atoms with E-state index < -0.39 is 0 Å². The number of hydrazine groups is 1. The van der Waals surface area contributed by atoms with Crippen LogP contribution in [-0.4, -0.2) is 9.78 Å². The monoisotopic (exact) mass is 230 g/mol. The van der Waals surface area contributed by atoms with Gasteiger partial charge in [0.05, 0.1) is 17.4 Å². The summed E-state index contributed by atoms with van der Waals surface area (Å²) >= 11 is 0. The second kappa shape index (κ2) is 5.61. The van der Waals surface area contributed by atoms with Crippen LogP contribution in [0.15, 0.2) is 42.6 Å². The fourth-order valence-electron chi connectivity index (χ4n) is 1.97. The van der Waals surface area contributed by atoms with E-state index in [1.54, 1.807) is 0 Å². The Morgan fingerprint density at radius 1 is 1.29 bits per heavy atom. The van der Waals surface area contributed by atoms with Crippen molar-refractivity contribution in [1.29, 1.82) is 0 Å². The zero-order valence-corrected chi connectivity index (χ0v) is 10.0. The van der Waals surface area contributed by atoms with Gasteiger partial charge in [-0.05, 0) is 24.6 Å². The molecule has 0 saturated carbocycles. The molecule has 17 heavy (non-hydrogen) atoms. The molecule has 0 aliphatic heterocycles. The smallest absolute Gasteiger partial charge is 0.0649 e. The summed E-state index contributed by atoms with van der Waals surface area (Å²) < 4.78 is 1.93. The number of hydrogen-bond donors (Lipinski definition) is 2. The van der Waals surface area contributed by atoms with Crippen molar-refractivity contribution in [3.63, 3.8) is 0 Å². The minimum absolute atomic E-state index is 0.141. The van der Waals surface area contributed by atoms with Crippen LogP contribution in [0.4, 0.5) is 0 Å². The quantitative estimate of drug-likeness (QED) is 0.611. The second-order valence-electron chi connectivity index (χ2n) is 4.01. The molecule has 0 radical (unpaired) electrons. The number of para-hydroxylation sites is 1. The molecule has 0 amide bonds. The first-order chi connectivity index (χ1) is 8.36. The molecule has 1 unspecified atom stereocenters. The van der Waals surface area contributed by atoms with Crippen LogP contribution in [0.2, 0.25) is 0 Å². The van der Waals surface area contributed by atoms with Gasteiger partial charge < -0.3 is 0 Å². The van der Waals surface area contributed by atoms with Gasteiger partial charge in [-0.1, -0.05) is 31.5 Å². The van der Waals surface area contributed by atoms with Crippen molar-refractivity contribution in [3.05, 3.63) is 48.3 Å². The van der Waals surface area contributed by atoms with E-state index in [0.29, 0.717) is 0 Å².